The fraction of sp³-hybridized carbons (Fsp3) is 0.364. The Bertz CT molecular complexity index is 418. The second-order valence-electron chi connectivity index (χ2n) is 3.87. The van der Waals surface area contributed by atoms with Gasteiger partial charge in [0, 0.05) is 11.6 Å². The zero-order chi connectivity index (χ0) is 11.7. The smallest absolute Gasteiger partial charge is 0.268 e. The summed E-state index contributed by atoms with van der Waals surface area (Å²) in [7, 11) is 0. The highest BCUT2D eigenvalue weighted by molar-refractivity contribution is 5.94. The van der Waals surface area contributed by atoms with Gasteiger partial charge in [0.15, 0.2) is 11.5 Å². The molecule has 0 saturated heterocycles. The van der Waals surface area contributed by atoms with Crippen molar-refractivity contribution >= 4 is 5.91 Å². The van der Waals surface area contributed by atoms with Crippen LogP contribution in [0.3, 0.4) is 0 Å². The van der Waals surface area contributed by atoms with Crippen LogP contribution in [0.4, 0.5) is 0 Å². The number of amides is 1. The second-order valence-corrected chi connectivity index (χ2v) is 3.87. The number of benzene rings is 1. The highest BCUT2D eigenvalue weighted by Crippen LogP contribution is 2.32. The maximum absolute atomic E-state index is 11.9. The van der Waals surface area contributed by atoms with Gasteiger partial charge in [0.2, 0.25) is 6.79 Å². The molecule has 0 radical (unpaired) electrons. The first-order valence-corrected chi connectivity index (χ1v) is 5.07. The summed E-state index contributed by atoms with van der Waals surface area (Å²) < 4.78 is 10.4. The van der Waals surface area contributed by atoms with Crippen LogP contribution in [0.2, 0.25) is 0 Å². The summed E-state index contributed by atoms with van der Waals surface area (Å²) in [5.41, 5.74) is 0.500. The number of fused-ring (bicyclic) bond motifs is 1. The Morgan fingerprint density at radius 1 is 1.38 bits per heavy atom. The number of hydrogen-bond donors (Lipinski definition) is 1. The number of carbonyl (C=O) groups excluding carboxylic acids is 1. The van der Waals surface area contributed by atoms with E-state index in [0.717, 1.165) is 0 Å². The molecule has 0 fully saturated rings. The monoisotopic (exact) mass is 222 g/mol. The molecule has 1 heterocycles. The lowest BCUT2D eigenvalue weighted by Crippen LogP contribution is -2.42. The van der Waals surface area contributed by atoms with Crippen LogP contribution in [-0.2, 0) is 0 Å². The zero-order valence-corrected chi connectivity index (χ0v) is 9.27. The highest BCUT2D eigenvalue weighted by Gasteiger charge is 2.19. The van der Waals surface area contributed by atoms with Gasteiger partial charge in [-0.3, -0.25) is 9.80 Å². The molecule has 0 aromatic heterocycles. The van der Waals surface area contributed by atoms with Gasteiger partial charge >= 0.3 is 0 Å². The minimum Gasteiger partial charge on any atom is -0.454 e. The summed E-state index contributed by atoms with van der Waals surface area (Å²) in [6, 6.07) is 4.99. The summed E-state index contributed by atoms with van der Waals surface area (Å²) in [6.45, 7) is 3.90. The van der Waals surface area contributed by atoms with Gasteiger partial charge in [-0.15, -0.1) is 0 Å². The largest absolute Gasteiger partial charge is 0.454 e. The third kappa shape index (κ3) is 1.81. The molecule has 0 bridgehead atoms. The fourth-order valence-corrected chi connectivity index (χ4v) is 1.41. The Morgan fingerprint density at radius 3 is 2.75 bits per heavy atom. The van der Waals surface area contributed by atoms with Gasteiger partial charge in [0.1, 0.15) is 0 Å². The van der Waals surface area contributed by atoms with Crippen LogP contribution in [0, 0.1) is 0 Å². The number of ether oxygens (including phenoxy) is 2. The number of hydrogen-bond acceptors (Lipinski definition) is 4. The molecule has 0 saturated carbocycles. The molecule has 0 atom stereocenters. The first kappa shape index (κ1) is 10.8. The minimum atomic E-state index is -0.228. The van der Waals surface area contributed by atoms with Gasteiger partial charge < -0.3 is 9.47 Å². The lowest BCUT2D eigenvalue weighted by Gasteiger charge is -2.20. The van der Waals surface area contributed by atoms with E-state index in [1.165, 1.54) is 5.01 Å². The molecule has 86 valence electrons. The molecular formula is C11H14N2O3. The van der Waals surface area contributed by atoms with Crippen LogP contribution in [0.25, 0.3) is 0 Å². The molecule has 2 rings (SSSR count). The lowest BCUT2D eigenvalue weighted by molar-refractivity contribution is 0.0705. The Kier molecular flexibility index (Phi) is 2.70. The van der Waals surface area contributed by atoms with Gasteiger partial charge in [-0.25, -0.2) is 5.84 Å². The second kappa shape index (κ2) is 4.02. The normalized spacial score (nSPS) is 13.0. The predicted molar refractivity (Wildman–Crippen MR) is 58.1 cm³/mol. The minimum absolute atomic E-state index is 0.0436. The Balaban J connectivity index is 2.25. The van der Waals surface area contributed by atoms with E-state index in [4.69, 9.17) is 15.3 Å². The molecule has 2 N–H and O–H groups in total. The van der Waals surface area contributed by atoms with Crippen molar-refractivity contribution in [1.29, 1.82) is 0 Å². The Morgan fingerprint density at radius 2 is 2.06 bits per heavy atom. The summed E-state index contributed by atoms with van der Waals surface area (Å²) in [6.07, 6.45) is 0. The molecule has 1 amide bonds. The summed E-state index contributed by atoms with van der Waals surface area (Å²) in [5, 5.41) is 1.19. The number of hydrazine groups is 1. The molecule has 1 aliphatic rings. The molecular weight excluding hydrogens is 208 g/mol. The maximum atomic E-state index is 11.9. The molecule has 1 aliphatic heterocycles. The number of nitrogens with two attached hydrogens (primary N) is 1. The van der Waals surface area contributed by atoms with E-state index in [9.17, 15) is 4.79 Å². The van der Waals surface area contributed by atoms with Gasteiger partial charge in [-0.2, -0.15) is 0 Å². The molecule has 1 aromatic carbocycles. The molecule has 1 aromatic rings. The number of carbonyl (C=O) groups is 1. The van der Waals surface area contributed by atoms with Crippen LogP contribution in [0.15, 0.2) is 18.2 Å². The average molecular weight is 222 g/mol. The third-order valence-electron chi connectivity index (χ3n) is 2.41. The maximum Gasteiger partial charge on any atom is 0.268 e. The van der Waals surface area contributed by atoms with E-state index in [2.05, 4.69) is 0 Å². The van der Waals surface area contributed by atoms with E-state index < -0.39 is 0 Å². The van der Waals surface area contributed by atoms with Crippen LogP contribution in [0.5, 0.6) is 11.5 Å². The predicted octanol–water partition coefficient (Wildman–Crippen LogP) is 1.14. The van der Waals surface area contributed by atoms with Crippen molar-refractivity contribution < 1.29 is 14.3 Å². The van der Waals surface area contributed by atoms with E-state index >= 15 is 0 Å². The van der Waals surface area contributed by atoms with Gasteiger partial charge in [-0.05, 0) is 32.0 Å². The van der Waals surface area contributed by atoms with E-state index in [1.54, 1.807) is 18.2 Å². The first-order valence-electron chi connectivity index (χ1n) is 5.07. The highest BCUT2D eigenvalue weighted by atomic mass is 16.7. The van der Waals surface area contributed by atoms with Gasteiger partial charge in [0.25, 0.3) is 5.91 Å². The standard InChI is InChI=1S/C11H14N2O3/c1-7(2)13(12)11(14)8-3-4-9-10(5-8)16-6-15-9/h3-5,7H,6,12H2,1-2H3. The Labute approximate surface area is 93.7 Å². The topological polar surface area (TPSA) is 64.8 Å². The van der Waals surface area contributed by atoms with E-state index in [1.807, 2.05) is 13.8 Å². The van der Waals surface area contributed by atoms with Gasteiger partial charge in [0.05, 0.1) is 0 Å². The molecule has 5 nitrogen and oxygen atoms in total. The first-order chi connectivity index (χ1) is 7.59. The molecule has 16 heavy (non-hydrogen) atoms. The summed E-state index contributed by atoms with van der Waals surface area (Å²) in [4.78, 5) is 11.9. The summed E-state index contributed by atoms with van der Waals surface area (Å²) >= 11 is 0. The average Bonchev–Trinajstić information content (AvgIpc) is 2.73. The lowest BCUT2D eigenvalue weighted by atomic mass is 10.1. The van der Waals surface area contributed by atoms with Crippen molar-refractivity contribution in [3.63, 3.8) is 0 Å². The van der Waals surface area contributed by atoms with Crippen LogP contribution < -0.4 is 15.3 Å². The fourth-order valence-electron chi connectivity index (χ4n) is 1.41. The van der Waals surface area contributed by atoms with Crippen molar-refractivity contribution in [2.24, 2.45) is 5.84 Å². The van der Waals surface area contributed by atoms with Crippen LogP contribution in [-0.4, -0.2) is 23.8 Å². The molecule has 0 spiro atoms. The number of nitrogens with zero attached hydrogens (tertiary/aromatic N) is 1. The SMILES string of the molecule is CC(C)N(N)C(=O)c1ccc2c(c1)OCO2. The van der Waals surface area contributed by atoms with Gasteiger partial charge in [-0.1, -0.05) is 0 Å². The zero-order valence-electron chi connectivity index (χ0n) is 9.27. The van der Waals surface area contributed by atoms with Crippen molar-refractivity contribution in [2.75, 3.05) is 6.79 Å². The summed E-state index contributed by atoms with van der Waals surface area (Å²) in [5.74, 6) is 6.66. The van der Waals surface area contributed by atoms with Crippen molar-refractivity contribution in [3.05, 3.63) is 23.8 Å². The van der Waals surface area contributed by atoms with Crippen molar-refractivity contribution in [3.8, 4) is 11.5 Å². The molecule has 0 unspecified atom stereocenters. The number of rotatable bonds is 2. The van der Waals surface area contributed by atoms with E-state index in [-0.39, 0.29) is 18.7 Å². The van der Waals surface area contributed by atoms with Crippen molar-refractivity contribution in [2.45, 2.75) is 19.9 Å². The third-order valence-corrected chi connectivity index (χ3v) is 2.41. The van der Waals surface area contributed by atoms with Crippen molar-refractivity contribution in [1.82, 2.24) is 5.01 Å². The quantitative estimate of drug-likeness (QED) is 0.463. The van der Waals surface area contributed by atoms with E-state index in [0.29, 0.717) is 17.1 Å². The molecule has 0 aliphatic carbocycles. The van der Waals surface area contributed by atoms with Crippen LogP contribution >= 0.6 is 0 Å². The Hall–Kier alpha value is -1.75. The van der Waals surface area contributed by atoms with Crippen LogP contribution in [0.1, 0.15) is 24.2 Å². The molecule has 5 heteroatoms.